The van der Waals surface area contributed by atoms with E-state index < -0.39 is 23.9 Å². The largest absolute Gasteiger partial charge is 0.479 e. The first kappa shape index (κ1) is 23.0. The molecule has 0 aliphatic heterocycles. The highest BCUT2D eigenvalue weighted by molar-refractivity contribution is 9.10. The molecule has 0 radical (unpaired) electrons. The Morgan fingerprint density at radius 1 is 1.06 bits per heavy atom. The first-order valence-electron chi connectivity index (χ1n) is 10.7. The van der Waals surface area contributed by atoms with Crippen LogP contribution in [0.15, 0.2) is 71.2 Å². The van der Waals surface area contributed by atoms with E-state index in [0.717, 1.165) is 22.3 Å². The highest BCUT2D eigenvalue weighted by atomic mass is 79.9. The van der Waals surface area contributed by atoms with E-state index in [1.54, 1.807) is 0 Å². The molecule has 0 fully saturated rings. The van der Waals surface area contributed by atoms with Crippen molar-refractivity contribution in [2.75, 3.05) is 13.2 Å². The number of carboxylic acid groups (broad SMARTS) is 1. The number of halogens is 2. The molecule has 7 heteroatoms. The van der Waals surface area contributed by atoms with Gasteiger partial charge in [0.2, 0.25) is 0 Å². The predicted molar refractivity (Wildman–Crippen MR) is 127 cm³/mol. The number of hydrogen-bond donors (Lipinski definition) is 1. The third-order valence-electron chi connectivity index (χ3n) is 5.84. The maximum atomic E-state index is 13.6. The Balaban J connectivity index is 1.60. The number of carboxylic acids is 1. The summed E-state index contributed by atoms with van der Waals surface area (Å²) >= 11 is 3.23. The fraction of sp³-hybridized carbons (Fsp3) is 0.231. The molecular weight excluding hydrogens is 489 g/mol. The van der Waals surface area contributed by atoms with E-state index in [2.05, 4.69) is 15.9 Å². The highest BCUT2D eigenvalue weighted by Crippen LogP contribution is 2.44. The van der Waals surface area contributed by atoms with Gasteiger partial charge in [0.1, 0.15) is 12.4 Å². The van der Waals surface area contributed by atoms with Crippen molar-refractivity contribution in [1.29, 1.82) is 0 Å². The maximum Gasteiger partial charge on any atom is 0.410 e. The van der Waals surface area contributed by atoms with Gasteiger partial charge in [-0.2, -0.15) is 0 Å². The zero-order valence-corrected chi connectivity index (χ0v) is 19.6. The van der Waals surface area contributed by atoms with Gasteiger partial charge in [-0.05, 0) is 40.8 Å². The van der Waals surface area contributed by atoms with E-state index >= 15 is 0 Å². The Morgan fingerprint density at radius 2 is 1.67 bits per heavy atom. The van der Waals surface area contributed by atoms with Crippen LogP contribution in [-0.2, 0) is 9.53 Å². The molecule has 0 saturated heterocycles. The van der Waals surface area contributed by atoms with Crippen molar-refractivity contribution in [2.24, 2.45) is 0 Å². The summed E-state index contributed by atoms with van der Waals surface area (Å²) in [5.74, 6) is -1.85. The Labute approximate surface area is 199 Å². The fourth-order valence-electron chi connectivity index (χ4n) is 4.40. The summed E-state index contributed by atoms with van der Waals surface area (Å²) in [4.78, 5) is 26.5. The van der Waals surface area contributed by atoms with Crippen LogP contribution >= 0.6 is 15.9 Å². The molecule has 1 aliphatic carbocycles. The molecule has 1 amide bonds. The number of ether oxygens (including phenoxy) is 1. The Kier molecular flexibility index (Phi) is 6.79. The van der Waals surface area contributed by atoms with Gasteiger partial charge in [-0.25, -0.2) is 14.0 Å². The molecule has 0 saturated carbocycles. The van der Waals surface area contributed by atoms with Crippen LogP contribution in [0.1, 0.15) is 42.0 Å². The Bertz CT molecular complexity index is 1150. The number of aliphatic carboxylic acids is 1. The minimum Gasteiger partial charge on any atom is -0.479 e. The molecular formula is C26H23BrFNO4. The summed E-state index contributed by atoms with van der Waals surface area (Å²) in [6.45, 7) is 2.11. The monoisotopic (exact) mass is 511 g/mol. The van der Waals surface area contributed by atoms with E-state index in [4.69, 9.17) is 4.74 Å². The van der Waals surface area contributed by atoms with Gasteiger partial charge in [0.25, 0.3) is 0 Å². The minimum absolute atomic E-state index is 0.0873. The van der Waals surface area contributed by atoms with Crippen molar-refractivity contribution in [1.82, 2.24) is 4.90 Å². The number of amides is 1. The molecule has 0 heterocycles. The topological polar surface area (TPSA) is 66.8 Å². The van der Waals surface area contributed by atoms with Gasteiger partial charge in [0, 0.05) is 22.5 Å². The standard InChI is InChI=1S/C26H23BrFNO4/c1-2-13-29(24(25(30)31)21-12-11-16(28)14-23(21)27)26(32)33-15-22-19-9-5-3-7-17(19)18-8-4-6-10-20(18)22/h3-12,14,22,24H,2,13,15H2,1H3,(H,30,31). The summed E-state index contributed by atoms with van der Waals surface area (Å²) in [6, 6.07) is 18.4. The lowest BCUT2D eigenvalue weighted by Crippen LogP contribution is -2.40. The summed E-state index contributed by atoms with van der Waals surface area (Å²) in [7, 11) is 0. The quantitative estimate of drug-likeness (QED) is 0.399. The van der Waals surface area contributed by atoms with E-state index in [-0.39, 0.29) is 29.1 Å². The normalized spacial score (nSPS) is 13.2. The lowest BCUT2D eigenvalue weighted by molar-refractivity contribution is -0.143. The van der Waals surface area contributed by atoms with Gasteiger partial charge in [-0.3, -0.25) is 4.90 Å². The molecule has 5 nitrogen and oxygen atoms in total. The highest BCUT2D eigenvalue weighted by Gasteiger charge is 2.35. The first-order chi connectivity index (χ1) is 15.9. The van der Waals surface area contributed by atoms with E-state index in [1.165, 1.54) is 23.1 Å². The molecule has 4 rings (SSSR count). The average molecular weight is 512 g/mol. The van der Waals surface area contributed by atoms with Gasteiger partial charge in [-0.1, -0.05) is 77.5 Å². The van der Waals surface area contributed by atoms with Gasteiger partial charge >= 0.3 is 12.1 Å². The van der Waals surface area contributed by atoms with Crippen LogP contribution in [0.4, 0.5) is 9.18 Å². The Hall–Kier alpha value is -3.19. The van der Waals surface area contributed by atoms with Crippen LogP contribution in [0.25, 0.3) is 11.1 Å². The van der Waals surface area contributed by atoms with E-state index in [0.29, 0.717) is 6.42 Å². The summed E-state index contributed by atoms with van der Waals surface area (Å²) in [5, 5.41) is 9.94. The van der Waals surface area contributed by atoms with Gasteiger partial charge in [0.05, 0.1) is 0 Å². The summed E-state index contributed by atoms with van der Waals surface area (Å²) in [5.41, 5.74) is 4.65. The first-order valence-corrected chi connectivity index (χ1v) is 11.5. The second-order valence-electron chi connectivity index (χ2n) is 7.90. The molecule has 33 heavy (non-hydrogen) atoms. The predicted octanol–water partition coefficient (Wildman–Crippen LogP) is 6.38. The summed E-state index contributed by atoms with van der Waals surface area (Å²) in [6.07, 6.45) is -0.186. The van der Waals surface area contributed by atoms with E-state index in [1.807, 2.05) is 55.5 Å². The molecule has 1 unspecified atom stereocenters. The number of hydrogen-bond acceptors (Lipinski definition) is 3. The zero-order chi connectivity index (χ0) is 23.5. The van der Waals surface area contributed by atoms with E-state index in [9.17, 15) is 19.1 Å². The third kappa shape index (κ3) is 4.50. The number of carbonyl (C=O) groups excluding carboxylic acids is 1. The molecule has 1 atom stereocenters. The molecule has 3 aromatic rings. The van der Waals surface area contributed by atoms with Crippen molar-refractivity contribution in [3.63, 3.8) is 0 Å². The fourth-order valence-corrected chi connectivity index (χ4v) is 4.97. The van der Waals surface area contributed by atoms with Crippen LogP contribution in [0.5, 0.6) is 0 Å². The van der Waals surface area contributed by atoms with Crippen molar-refractivity contribution in [3.05, 3.63) is 93.7 Å². The second kappa shape index (κ2) is 9.75. The third-order valence-corrected chi connectivity index (χ3v) is 6.52. The Morgan fingerprint density at radius 3 is 2.21 bits per heavy atom. The smallest absolute Gasteiger partial charge is 0.410 e. The van der Waals surface area contributed by atoms with Gasteiger partial charge in [0.15, 0.2) is 6.04 Å². The number of rotatable bonds is 7. The van der Waals surface area contributed by atoms with Crippen LogP contribution in [-0.4, -0.2) is 35.2 Å². The lowest BCUT2D eigenvalue weighted by atomic mass is 9.98. The zero-order valence-electron chi connectivity index (χ0n) is 18.0. The van der Waals surface area contributed by atoms with Gasteiger partial charge < -0.3 is 9.84 Å². The number of benzene rings is 3. The lowest BCUT2D eigenvalue weighted by Gasteiger charge is -2.29. The van der Waals surface area contributed by atoms with Crippen LogP contribution < -0.4 is 0 Å². The molecule has 0 spiro atoms. The molecule has 0 aromatic heterocycles. The maximum absolute atomic E-state index is 13.6. The molecule has 1 aliphatic rings. The number of fused-ring (bicyclic) bond motifs is 3. The minimum atomic E-state index is -1.31. The average Bonchev–Trinajstić information content (AvgIpc) is 3.12. The van der Waals surface area contributed by atoms with Crippen molar-refractivity contribution in [2.45, 2.75) is 25.3 Å². The SMILES string of the molecule is CCCN(C(=O)OCC1c2ccccc2-c2ccccc21)C(C(=O)O)c1ccc(F)cc1Br. The van der Waals surface area contributed by atoms with Crippen molar-refractivity contribution in [3.8, 4) is 11.1 Å². The van der Waals surface area contributed by atoms with Crippen LogP contribution in [0, 0.1) is 5.82 Å². The second-order valence-corrected chi connectivity index (χ2v) is 8.76. The van der Waals surface area contributed by atoms with Gasteiger partial charge in [-0.15, -0.1) is 0 Å². The number of nitrogens with zero attached hydrogens (tertiary/aromatic N) is 1. The van der Waals surface area contributed by atoms with Crippen LogP contribution in [0.3, 0.4) is 0 Å². The van der Waals surface area contributed by atoms with Crippen molar-refractivity contribution < 1.29 is 23.8 Å². The molecule has 0 bridgehead atoms. The molecule has 3 aromatic carbocycles. The van der Waals surface area contributed by atoms with Crippen LogP contribution in [0.2, 0.25) is 0 Å². The molecule has 170 valence electrons. The summed E-state index contributed by atoms with van der Waals surface area (Å²) < 4.78 is 19.6. The van der Waals surface area contributed by atoms with Crippen molar-refractivity contribution >= 4 is 28.0 Å². The number of carbonyl (C=O) groups is 2. The molecule has 1 N–H and O–H groups in total.